The van der Waals surface area contributed by atoms with E-state index in [2.05, 4.69) is 40.8 Å². The van der Waals surface area contributed by atoms with Crippen LogP contribution in [0, 0.1) is 11.3 Å². The van der Waals surface area contributed by atoms with Gasteiger partial charge in [-0.25, -0.2) is 18.4 Å². The maximum Gasteiger partial charge on any atom is 0.264 e. The predicted octanol–water partition coefficient (Wildman–Crippen LogP) is 4.81. The van der Waals surface area contributed by atoms with Crippen LogP contribution in [-0.4, -0.2) is 18.4 Å². The molecule has 2 N–H and O–H groups in total. The van der Waals surface area contributed by atoms with Crippen molar-refractivity contribution in [1.29, 1.82) is 5.26 Å². The molecule has 0 saturated heterocycles. The number of rotatable bonds is 5. The quantitative estimate of drug-likeness (QED) is 0.610. The lowest BCUT2D eigenvalue weighted by molar-refractivity contribution is 0.573. The lowest BCUT2D eigenvalue weighted by Crippen LogP contribution is -2.14. The SMILES string of the molecule is CC(C)(C)c1csc(Nc2ccc(S(=O)(=O)Nc3nccs3)c(C#N)c2)n1.[HH].[HH]. The average molecular weight is 424 g/mol. The average Bonchev–Trinajstić information content (AvgIpc) is 3.25. The normalized spacial score (nSPS) is 11.8. The second-order valence-corrected chi connectivity index (χ2v) is 10.1. The summed E-state index contributed by atoms with van der Waals surface area (Å²) in [5, 5.41) is 17.1. The second-order valence-electron chi connectivity index (χ2n) is 6.68. The molecule has 0 bridgehead atoms. The van der Waals surface area contributed by atoms with Gasteiger partial charge in [0.1, 0.15) is 11.0 Å². The number of aromatic nitrogens is 2. The van der Waals surface area contributed by atoms with Crippen molar-refractivity contribution in [3.8, 4) is 6.07 Å². The van der Waals surface area contributed by atoms with Gasteiger partial charge in [-0.1, -0.05) is 20.8 Å². The first kappa shape index (κ1) is 19.3. The molecule has 0 fully saturated rings. The zero-order chi connectivity index (χ0) is 19.7. The van der Waals surface area contributed by atoms with E-state index in [4.69, 9.17) is 0 Å². The number of nitrogens with one attached hydrogen (secondary N) is 2. The Balaban J connectivity index is 0.00000210. The van der Waals surface area contributed by atoms with Gasteiger partial charge >= 0.3 is 0 Å². The fraction of sp³-hybridized carbons (Fsp3) is 0.235. The molecule has 144 valence electrons. The first-order chi connectivity index (χ1) is 12.7. The van der Waals surface area contributed by atoms with Crippen LogP contribution in [-0.2, 0) is 15.4 Å². The number of hydrogen-bond acceptors (Lipinski definition) is 8. The molecule has 0 radical (unpaired) electrons. The third kappa shape index (κ3) is 4.44. The number of benzene rings is 1. The first-order valence-electron chi connectivity index (χ1n) is 7.88. The van der Waals surface area contributed by atoms with Crippen molar-refractivity contribution in [2.75, 3.05) is 10.0 Å². The summed E-state index contributed by atoms with van der Waals surface area (Å²) in [5.41, 5.74) is 1.53. The molecule has 10 heteroatoms. The topological polar surface area (TPSA) is 108 Å². The van der Waals surface area contributed by atoms with E-state index in [9.17, 15) is 13.7 Å². The lowest BCUT2D eigenvalue weighted by atomic mass is 9.93. The van der Waals surface area contributed by atoms with Crippen molar-refractivity contribution in [2.45, 2.75) is 31.1 Å². The van der Waals surface area contributed by atoms with Crippen molar-refractivity contribution in [2.24, 2.45) is 0 Å². The Bertz CT molecular complexity index is 1100. The van der Waals surface area contributed by atoms with Gasteiger partial charge in [-0.15, -0.1) is 22.7 Å². The molecular formula is C17H21N5O2S3. The van der Waals surface area contributed by atoms with Gasteiger partial charge in [0.25, 0.3) is 10.0 Å². The van der Waals surface area contributed by atoms with Crippen molar-refractivity contribution in [3.05, 3.63) is 46.4 Å². The number of nitrogens with zero attached hydrogens (tertiary/aromatic N) is 3. The number of thiazole rings is 2. The molecule has 2 heterocycles. The van der Waals surface area contributed by atoms with E-state index >= 15 is 0 Å². The van der Waals surface area contributed by atoms with Crippen LogP contribution in [0.3, 0.4) is 0 Å². The molecule has 1 aromatic carbocycles. The second kappa shape index (κ2) is 7.26. The molecule has 0 spiro atoms. The molecule has 0 aliphatic heterocycles. The van der Waals surface area contributed by atoms with Gasteiger partial charge in [-0.3, -0.25) is 4.72 Å². The summed E-state index contributed by atoms with van der Waals surface area (Å²) in [6.07, 6.45) is 1.50. The van der Waals surface area contributed by atoms with Gasteiger partial charge < -0.3 is 5.32 Å². The molecule has 0 aliphatic rings. The Morgan fingerprint density at radius 3 is 2.59 bits per heavy atom. The molecule has 3 aromatic rings. The number of anilines is 3. The zero-order valence-corrected chi connectivity index (χ0v) is 17.3. The Labute approximate surface area is 168 Å². The van der Waals surface area contributed by atoms with Crippen molar-refractivity contribution in [1.82, 2.24) is 9.97 Å². The summed E-state index contributed by atoms with van der Waals surface area (Å²) in [7, 11) is -3.90. The van der Waals surface area contributed by atoms with E-state index in [1.54, 1.807) is 11.4 Å². The molecule has 0 saturated carbocycles. The van der Waals surface area contributed by atoms with Crippen LogP contribution in [0.4, 0.5) is 16.0 Å². The summed E-state index contributed by atoms with van der Waals surface area (Å²) >= 11 is 2.62. The first-order valence-corrected chi connectivity index (χ1v) is 11.1. The molecule has 27 heavy (non-hydrogen) atoms. The predicted molar refractivity (Wildman–Crippen MR) is 112 cm³/mol. The Hall–Kier alpha value is -2.48. The highest BCUT2D eigenvalue weighted by atomic mass is 32.2. The highest BCUT2D eigenvalue weighted by Gasteiger charge is 2.21. The lowest BCUT2D eigenvalue weighted by Gasteiger charge is -2.14. The molecular weight excluding hydrogens is 402 g/mol. The molecule has 0 amide bonds. The van der Waals surface area contributed by atoms with Gasteiger partial charge in [0.2, 0.25) is 0 Å². The largest absolute Gasteiger partial charge is 0.332 e. The van der Waals surface area contributed by atoms with Crippen LogP contribution in [0.15, 0.2) is 40.1 Å². The van der Waals surface area contributed by atoms with Gasteiger partial charge in [0.15, 0.2) is 10.3 Å². The molecule has 0 unspecified atom stereocenters. The summed E-state index contributed by atoms with van der Waals surface area (Å²) in [6.45, 7) is 6.23. The minimum absolute atomic E-state index is 0. The molecule has 2 aromatic heterocycles. The van der Waals surface area contributed by atoms with E-state index in [0.29, 0.717) is 10.8 Å². The van der Waals surface area contributed by atoms with Crippen LogP contribution in [0.25, 0.3) is 0 Å². The Morgan fingerprint density at radius 2 is 2.00 bits per heavy atom. The highest BCUT2D eigenvalue weighted by Crippen LogP contribution is 2.29. The maximum absolute atomic E-state index is 12.5. The molecule has 3 rings (SSSR count). The van der Waals surface area contributed by atoms with Crippen LogP contribution in [0.2, 0.25) is 0 Å². The number of sulfonamides is 1. The summed E-state index contributed by atoms with van der Waals surface area (Å²) < 4.78 is 27.4. The van der Waals surface area contributed by atoms with E-state index < -0.39 is 10.0 Å². The Kier molecular flexibility index (Phi) is 5.19. The van der Waals surface area contributed by atoms with Gasteiger partial charge in [-0.05, 0) is 18.2 Å². The third-order valence-corrected chi connectivity index (χ3v) is 6.54. The Morgan fingerprint density at radius 1 is 1.22 bits per heavy atom. The summed E-state index contributed by atoms with van der Waals surface area (Å²) in [5.74, 6) is 0. The van der Waals surface area contributed by atoms with E-state index in [1.807, 2.05) is 11.4 Å². The molecule has 0 atom stereocenters. The highest BCUT2D eigenvalue weighted by molar-refractivity contribution is 7.93. The minimum atomic E-state index is -3.90. The van der Waals surface area contributed by atoms with Crippen molar-refractivity contribution < 1.29 is 11.3 Å². The van der Waals surface area contributed by atoms with E-state index in [0.717, 1.165) is 17.0 Å². The van der Waals surface area contributed by atoms with Crippen LogP contribution >= 0.6 is 22.7 Å². The fourth-order valence-electron chi connectivity index (χ4n) is 2.17. The van der Waals surface area contributed by atoms with Crippen LogP contribution in [0.1, 0.15) is 34.9 Å². The smallest absolute Gasteiger partial charge is 0.264 e. The number of nitriles is 1. The van der Waals surface area contributed by atoms with Crippen LogP contribution < -0.4 is 10.0 Å². The third-order valence-electron chi connectivity index (χ3n) is 3.57. The van der Waals surface area contributed by atoms with Gasteiger partial charge in [0.05, 0.1) is 11.3 Å². The van der Waals surface area contributed by atoms with E-state index in [1.165, 1.54) is 29.7 Å². The molecule has 7 nitrogen and oxygen atoms in total. The zero-order valence-electron chi connectivity index (χ0n) is 14.8. The van der Waals surface area contributed by atoms with Crippen LogP contribution in [0.5, 0.6) is 0 Å². The summed E-state index contributed by atoms with van der Waals surface area (Å²) in [4.78, 5) is 8.35. The van der Waals surface area contributed by atoms with Gasteiger partial charge in [-0.2, -0.15) is 5.26 Å². The molecule has 0 aliphatic carbocycles. The fourth-order valence-corrected chi connectivity index (χ4v) is 5.06. The van der Waals surface area contributed by atoms with Crippen molar-refractivity contribution >= 4 is 48.6 Å². The standard InChI is InChI=1S/C17H17N5O2S3.2H2/c1-17(2,3)14-10-26-16(21-14)20-12-4-5-13(11(8-12)9-18)27(23,24)22-15-19-6-7-25-15;;/h4-8,10H,1-3H3,(H,19,22)(H,20,21);2*1H. The summed E-state index contributed by atoms with van der Waals surface area (Å²) in [6, 6.07) is 6.44. The van der Waals surface area contributed by atoms with Gasteiger partial charge in [0, 0.05) is 30.9 Å². The number of hydrogen-bond donors (Lipinski definition) is 2. The van der Waals surface area contributed by atoms with E-state index in [-0.39, 0.29) is 23.9 Å². The maximum atomic E-state index is 12.5. The minimum Gasteiger partial charge on any atom is -0.332 e. The monoisotopic (exact) mass is 423 g/mol. The van der Waals surface area contributed by atoms with Crippen molar-refractivity contribution in [3.63, 3.8) is 0 Å².